The molecule has 7 heteroatoms. The minimum absolute atomic E-state index is 0.0583. The van der Waals surface area contributed by atoms with Gasteiger partial charge in [-0.2, -0.15) is 0 Å². The highest BCUT2D eigenvalue weighted by molar-refractivity contribution is 5.75. The van der Waals surface area contributed by atoms with Gasteiger partial charge in [0.1, 0.15) is 12.1 Å². The maximum atomic E-state index is 12.3. The maximum absolute atomic E-state index is 12.3. The third kappa shape index (κ3) is 4.03. The second-order valence-electron chi connectivity index (χ2n) is 8.62. The zero-order valence-electron chi connectivity index (χ0n) is 15.7. The van der Waals surface area contributed by atoms with Crippen molar-refractivity contribution in [1.29, 1.82) is 0 Å². The SMILES string of the molecule is CC(C)(C)O[C@@H]1C[C@H](NC(=O)NC2CN(c3ccncn3)C2)C1(C)C. The smallest absolute Gasteiger partial charge is 0.315 e. The van der Waals surface area contributed by atoms with Crippen molar-refractivity contribution >= 4 is 11.8 Å². The first-order chi connectivity index (χ1) is 11.6. The standard InChI is InChI=1S/C18H29N5O2/c1-17(2,3)25-14-8-13(18(14,4)5)22-16(24)21-12-9-23(10-12)15-6-7-19-11-20-15/h6-7,11-14H,8-10H2,1-5H3,(H2,21,22,24)/t13-,14+/m0/s1. The first kappa shape index (κ1) is 17.9. The van der Waals surface area contributed by atoms with E-state index in [1.54, 1.807) is 6.20 Å². The Morgan fingerprint density at radius 2 is 2.04 bits per heavy atom. The molecule has 1 saturated carbocycles. The molecule has 1 aliphatic carbocycles. The van der Waals surface area contributed by atoms with Crippen LogP contribution in [0, 0.1) is 5.41 Å². The van der Waals surface area contributed by atoms with E-state index in [0.29, 0.717) is 0 Å². The summed E-state index contributed by atoms with van der Waals surface area (Å²) in [6.45, 7) is 12.0. The minimum Gasteiger partial charge on any atom is -0.372 e. The van der Waals surface area contributed by atoms with Crippen LogP contribution in [0.5, 0.6) is 0 Å². The fourth-order valence-corrected chi connectivity index (χ4v) is 3.37. The Labute approximate surface area is 149 Å². The molecule has 1 aliphatic heterocycles. The van der Waals surface area contributed by atoms with Crippen molar-refractivity contribution in [3.8, 4) is 0 Å². The van der Waals surface area contributed by atoms with Gasteiger partial charge in [0.25, 0.3) is 0 Å². The van der Waals surface area contributed by atoms with Crippen molar-refractivity contribution in [3.05, 3.63) is 18.6 Å². The first-order valence-corrected chi connectivity index (χ1v) is 8.91. The molecule has 0 spiro atoms. The molecule has 0 bridgehead atoms. The number of nitrogens with zero attached hydrogens (tertiary/aromatic N) is 3. The Hall–Kier alpha value is -1.89. The van der Waals surface area contributed by atoms with E-state index in [-0.39, 0.29) is 35.2 Å². The van der Waals surface area contributed by atoms with Gasteiger partial charge >= 0.3 is 6.03 Å². The fraction of sp³-hybridized carbons (Fsp3) is 0.722. The van der Waals surface area contributed by atoms with Gasteiger partial charge in [-0.25, -0.2) is 14.8 Å². The molecule has 2 amide bonds. The summed E-state index contributed by atoms with van der Waals surface area (Å²) in [5, 5.41) is 6.14. The molecule has 0 unspecified atom stereocenters. The number of amides is 2. The van der Waals surface area contributed by atoms with E-state index >= 15 is 0 Å². The molecule has 25 heavy (non-hydrogen) atoms. The van der Waals surface area contributed by atoms with Crippen LogP contribution in [0.2, 0.25) is 0 Å². The lowest BCUT2D eigenvalue weighted by atomic mass is 9.64. The predicted molar refractivity (Wildman–Crippen MR) is 96.5 cm³/mol. The van der Waals surface area contributed by atoms with Crippen molar-refractivity contribution in [2.24, 2.45) is 5.41 Å². The summed E-state index contributed by atoms with van der Waals surface area (Å²) in [6.07, 6.45) is 4.30. The summed E-state index contributed by atoms with van der Waals surface area (Å²) < 4.78 is 6.09. The number of aromatic nitrogens is 2. The Morgan fingerprint density at radius 1 is 1.32 bits per heavy atom. The van der Waals surface area contributed by atoms with Gasteiger partial charge in [-0.15, -0.1) is 0 Å². The summed E-state index contributed by atoms with van der Waals surface area (Å²) in [7, 11) is 0. The van der Waals surface area contributed by atoms with Crippen molar-refractivity contribution in [1.82, 2.24) is 20.6 Å². The third-order valence-corrected chi connectivity index (χ3v) is 5.09. The van der Waals surface area contributed by atoms with Gasteiger partial charge in [0, 0.05) is 30.7 Å². The highest BCUT2D eigenvalue weighted by Gasteiger charge is 2.51. The Morgan fingerprint density at radius 3 is 2.60 bits per heavy atom. The van der Waals surface area contributed by atoms with Crippen LogP contribution in [0.4, 0.5) is 10.6 Å². The highest BCUT2D eigenvalue weighted by Crippen LogP contribution is 2.44. The van der Waals surface area contributed by atoms with Gasteiger partial charge in [0.15, 0.2) is 0 Å². The number of nitrogens with one attached hydrogen (secondary N) is 2. The normalized spacial score (nSPS) is 25.7. The van der Waals surface area contributed by atoms with Crippen LogP contribution in [-0.4, -0.2) is 52.9 Å². The first-order valence-electron chi connectivity index (χ1n) is 8.91. The number of hydrogen-bond donors (Lipinski definition) is 2. The molecule has 2 aliphatic rings. The van der Waals surface area contributed by atoms with Gasteiger partial charge in [0.2, 0.25) is 0 Å². The summed E-state index contributed by atoms with van der Waals surface area (Å²) >= 11 is 0. The van der Waals surface area contributed by atoms with Gasteiger partial charge in [0.05, 0.1) is 17.7 Å². The number of carbonyl (C=O) groups excluding carboxylic acids is 1. The number of rotatable bonds is 4. The molecular weight excluding hydrogens is 318 g/mol. The summed E-state index contributed by atoms with van der Waals surface area (Å²) in [5.74, 6) is 0.899. The number of hydrogen-bond acceptors (Lipinski definition) is 5. The van der Waals surface area contributed by atoms with E-state index in [2.05, 4.69) is 60.1 Å². The number of ether oxygens (including phenoxy) is 1. The lowest BCUT2D eigenvalue weighted by Crippen LogP contribution is -2.67. The van der Waals surface area contributed by atoms with Gasteiger partial charge < -0.3 is 20.3 Å². The molecule has 2 heterocycles. The lowest BCUT2D eigenvalue weighted by molar-refractivity contribution is -0.170. The van der Waals surface area contributed by atoms with Gasteiger partial charge in [-0.1, -0.05) is 13.8 Å². The second kappa shape index (κ2) is 6.44. The molecule has 1 aromatic rings. The predicted octanol–water partition coefficient (Wildman–Crippen LogP) is 1.95. The molecule has 2 fully saturated rings. The average molecular weight is 347 g/mol. The van der Waals surface area contributed by atoms with Crippen molar-refractivity contribution in [3.63, 3.8) is 0 Å². The second-order valence-corrected chi connectivity index (χ2v) is 8.62. The van der Waals surface area contributed by atoms with E-state index in [1.807, 2.05) is 6.07 Å². The van der Waals surface area contributed by atoms with Crippen LogP contribution in [0.25, 0.3) is 0 Å². The monoisotopic (exact) mass is 347 g/mol. The third-order valence-electron chi connectivity index (χ3n) is 5.09. The quantitative estimate of drug-likeness (QED) is 0.870. The van der Waals surface area contributed by atoms with E-state index < -0.39 is 0 Å². The molecule has 7 nitrogen and oxygen atoms in total. The van der Waals surface area contributed by atoms with Crippen LogP contribution >= 0.6 is 0 Å². The Bertz CT molecular complexity index is 608. The van der Waals surface area contributed by atoms with Crippen LogP contribution in [-0.2, 0) is 4.74 Å². The van der Waals surface area contributed by atoms with Crippen molar-refractivity contribution < 1.29 is 9.53 Å². The van der Waals surface area contributed by atoms with E-state index in [9.17, 15) is 4.79 Å². The van der Waals surface area contributed by atoms with Crippen molar-refractivity contribution in [2.75, 3.05) is 18.0 Å². The molecule has 1 saturated heterocycles. The Balaban J connectivity index is 1.41. The molecule has 0 aromatic carbocycles. The van der Waals surface area contributed by atoms with Gasteiger partial charge in [-0.05, 0) is 33.3 Å². The molecule has 138 valence electrons. The van der Waals surface area contributed by atoms with Crippen LogP contribution in [0.15, 0.2) is 18.6 Å². The number of urea groups is 1. The van der Waals surface area contributed by atoms with Crippen LogP contribution in [0.1, 0.15) is 41.0 Å². The van der Waals surface area contributed by atoms with E-state index in [4.69, 9.17) is 4.74 Å². The molecule has 3 rings (SSSR count). The van der Waals surface area contributed by atoms with Gasteiger partial charge in [-0.3, -0.25) is 0 Å². The number of anilines is 1. The fourth-order valence-electron chi connectivity index (χ4n) is 3.37. The molecular formula is C18H29N5O2. The lowest BCUT2D eigenvalue weighted by Gasteiger charge is -2.53. The molecule has 0 radical (unpaired) electrons. The molecule has 2 N–H and O–H groups in total. The largest absolute Gasteiger partial charge is 0.372 e. The highest BCUT2D eigenvalue weighted by atomic mass is 16.5. The zero-order chi connectivity index (χ0) is 18.2. The topological polar surface area (TPSA) is 79.4 Å². The van der Waals surface area contributed by atoms with Crippen molar-refractivity contribution in [2.45, 2.75) is 64.8 Å². The van der Waals surface area contributed by atoms with E-state index in [1.165, 1.54) is 6.33 Å². The molecule has 1 aromatic heterocycles. The summed E-state index contributed by atoms with van der Waals surface area (Å²) in [6, 6.07) is 2.07. The minimum atomic E-state index is -0.161. The van der Waals surface area contributed by atoms with E-state index in [0.717, 1.165) is 25.3 Å². The van der Waals surface area contributed by atoms with Crippen LogP contribution < -0.4 is 15.5 Å². The average Bonchev–Trinajstić information content (AvgIpc) is 2.49. The zero-order valence-corrected chi connectivity index (χ0v) is 15.7. The maximum Gasteiger partial charge on any atom is 0.315 e. The summed E-state index contributed by atoms with van der Waals surface area (Å²) in [5.41, 5.74) is -0.219. The molecule has 2 atom stereocenters. The summed E-state index contributed by atoms with van der Waals surface area (Å²) in [4.78, 5) is 22.5. The Kier molecular flexibility index (Phi) is 4.62. The van der Waals surface area contributed by atoms with Crippen LogP contribution in [0.3, 0.4) is 0 Å². The number of carbonyl (C=O) groups is 1.